The van der Waals surface area contributed by atoms with Crippen molar-refractivity contribution < 1.29 is 37.4 Å². The molecule has 2 aromatic rings. The molecule has 1 unspecified atom stereocenters. The number of alkyl halides is 3. The second-order valence-corrected chi connectivity index (χ2v) is 7.63. The maximum Gasteiger partial charge on any atom is 0.409 e. The van der Waals surface area contributed by atoms with E-state index in [1.807, 2.05) is 48.5 Å². The lowest BCUT2D eigenvalue weighted by Crippen LogP contribution is -2.54. The maximum absolute atomic E-state index is 13.0. The Labute approximate surface area is 187 Å². The van der Waals surface area contributed by atoms with Gasteiger partial charge in [-0.25, -0.2) is 4.79 Å². The van der Waals surface area contributed by atoms with Crippen molar-refractivity contribution in [3.05, 3.63) is 59.7 Å². The Bertz CT molecular complexity index is 995. The second-order valence-electron chi connectivity index (χ2n) is 7.63. The van der Waals surface area contributed by atoms with E-state index in [0.29, 0.717) is 0 Å². The van der Waals surface area contributed by atoms with E-state index in [1.165, 1.54) is 6.92 Å². The molecule has 33 heavy (non-hydrogen) atoms. The van der Waals surface area contributed by atoms with Gasteiger partial charge >= 0.3 is 18.2 Å². The Balaban J connectivity index is 1.63. The summed E-state index contributed by atoms with van der Waals surface area (Å²) in [5.41, 5.74) is 4.03. The summed E-state index contributed by atoms with van der Waals surface area (Å²) in [5, 5.41) is 12.6. The van der Waals surface area contributed by atoms with Gasteiger partial charge in [-0.3, -0.25) is 9.59 Å². The maximum atomic E-state index is 13.0. The minimum atomic E-state index is -4.95. The molecular formula is C23H23F3N2O5. The lowest BCUT2D eigenvalue weighted by atomic mass is 9.98. The van der Waals surface area contributed by atoms with Gasteiger partial charge in [-0.2, -0.15) is 13.2 Å². The van der Waals surface area contributed by atoms with Gasteiger partial charge in [-0.05, 0) is 28.7 Å². The number of rotatable bonds is 8. The summed E-state index contributed by atoms with van der Waals surface area (Å²) in [7, 11) is 0. The molecule has 10 heteroatoms. The van der Waals surface area contributed by atoms with Crippen LogP contribution in [0.25, 0.3) is 11.1 Å². The number of ether oxygens (including phenoxy) is 1. The summed E-state index contributed by atoms with van der Waals surface area (Å²) in [6.45, 7) is 1.47. The smallest absolute Gasteiger partial charge is 0.409 e. The highest BCUT2D eigenvalue weighted by molar-refractivity contribution is 5.86. The van der Waals surface area contributed by atoms with Crippen LogP contribution in [0.15, 0.2) is 48.5 Å². The first kappa shape index (κ1) is 24.1. The number of benzene rings is 2. The zero-order valence-electron chi connectivity index (χ0n) is 17.7. The van der Waals surface area contributed by atoms with Crippen LogP contribution in [-0.4, -0.2) is 47.9 Å². The zero-order valence-corrected chi connectivity index (χ0v) is 17.7. The predicted octanol–water partition coefficient (Wildman–Crippen LogP) is 3.83. The lowest BCUT2D eigenvalue weighted by molar-refractivity contribution is -0.170. The average molecular weight is 464 g/mol. The van der Waals surface area contributed by atoms with Crippen molar-refractivity contribution in [2.24, 2.45) is 0 Å². The highest BCUT2D eigenvalue weighted by Gasteiger charge is 2.43. The molecule has 0 aromatic heterocycles. The van der Waals surface area contributed by atoms with Crippen molar-refractivity contribution in [1.29, 1.82) is 0 Å². The lowest BCUT2D eigenvalue weighted by Gasteiger charge is -2.23. The minimum Gasteiger partial charge on any atom is -0.481 e. The second kappa shape index (κ2) is 9.93. The Morgan fingerprint density at radius 1 is 1.00 bits per heavy atom. The van der Waals surface area contributed by atoms with Crippen LogP contribution in [0.3, 0.4) is 0 Å². The van der Waals surface area contributed by atoms with Crippen LogP contribution in [0.1, 0.15) is 36.8 Å². The largest absolute Gasteiger partial charge is 0.481 e. The van der Waals surface area contributed by atoms with Gasteiger partial charge in [-0.15, -0.1) is 0 Å². The summed E-state index contributed by atoms with van der Waals surface area (Å²) in [6, 6.07) is 11.5. The fourth-order valence-electron chi connectivity index (χ4n) is 3.83. The van der Waals surface area contributed by atoms with Crippen LogP contribution >= 0.6 is 0 Å². The minimum absolute atomic E-state index is 0.0202. The number of carbonyl (C=O) groups excluding carboxylic acids is 2. The van der Waals surface area contributed by atoms with Crippen LogP contribution in [-0.2, 0) is 14.3 Å². The van der Waals surface area contributed by atoms with Crippen LogP contribution in [0.4, 0.5) is 18.0 Å². The van der Waals surface area contributed by atoms with Crippen LogP contribution in [0, 0.1) is 0 Å². The van der Waals surface area contributed by atoms with Crippen molar-refractivity contribution in [2.75, 3.05) is 6.61 Å². The highest BCUT2D eigenvalue weighted by atomic mass is 19.4. The molecular weight excluding hydrogens is 441 g/mol. The van der Waals surface area contributed by atoms with E-state index in [1.54, 1.807) is 5.32 Å². The van der Waals surface area contributed by atoms with E-state index >= 15 is 0 Å². The van der Waals surface area contributed by atoms with Gasteiger partial charge in [0.1, 0.15) is 18.7 Å². The molecule has 2 atom stereocenters. The topological polar surface area (TPSA) is 105 Å². The van der Waals surface area contributed by atoms with Crippen LogP contribution in [0.5, 0.6) is 0 Å². The highest BCUT2D eigenvalue weighted by Crippen LogP contribution is 2.44. The van der Waals surface area contributed by atoms with E-state index in [0.717, 1.165) is 22.3 Å². The van der Waals surface area contributed by atoms with Crippen molar-refractivity contribution in [2.45, 2.75) is 43.9 Å². The van der Waals surface area contributed by atoms with Gasteiger partial charge in [-0.1, -0.05) is 55.5 Å². The van der Waals surface area contributed by atoms with E-state index in [4.69, 9.17) is 9.84 Å². The molecule has 0 saturated heterocycles. The Morgan fingerprint density at radius 2 is 1.55 bits per heavy atom. The average Bonchev–Trinajstić information content (AvgIpc) is 3.08. The molecule has 0 saturated carbocycles. The van der Waals surface area contributed by atoms with E-state index in [9.17, 15) is 27.6 Å². The number of carboxylic acids is 1. The van der Waals surface area contributed by atoms with Gasteiger partial charge in [0.25, 0.3) is 0 Å². The molecule has 176 valence electrons. The molecule has 2 amide bonds. The standard InChI is InChI=1S/C23H23F3N2O5/c1-2-18(21(31)28-19(11-20(29)30)23(24,25)26)27-22(32)33-12-17-15-9-5-3-7-13(15)14-8-4-6-10-16(14)17/h3-10,17-19H,2,11-12H2,1H3,(H,27,32)(H,28,31)(H,29,30)/t18-,19?/m1/s1. The number of nitrogens with one attached hydrogen (secondary N) is 2. The van der Waals surface area contributed by atoms with E-state index in [2.05, 4.69) is 5.32 Å². The number of carboxylic acid groups (broad SMARTS) is 1. The number of alkyl carbamates (subject to hydrolysis) is 1. The van der Waals surface area contributed by atoms with Crippen molar-refractivity contribution in [3.8, 4) is 11.1 Å². The molecule has 2 aromatic carbocycles. The number of aliphatic carboxylic acids is 1. The molecule has 0 bridgehead atoms. The Hall–Kier alpha value is -3.56. The number of hydrogen-bond donors (Lipinski definition) is 3. The first-order valence-corrected chi connectivity index (χ1v) is 10.3. The summed E-state index contributed by atoms with van der Waals surface area (Å²) in [4.78, 5) is 35.3. The monoisotopic (exact) mass is 464 g/mol. The predicted molar refractivity (Wildman–Crippen MR) is 113 cm³/mol. The molecule has 0 aliphatic heterocycles. The van der Waals surface area contributed by atoms with Gasteiger partial charge in [0.05, 0.1) is 6.42 Å². The van der Waals surface area contributed by atoms with Gasteiger partial charge in [0, 0.05) is 5.92 Å². The fourth-order valence-corrected chi connectivity index (χ4v) is 3.83. The molecule has 0 heterocycles. The van der Waals surface area contributed by atoms with Gasteiger partial charge in [0.15, 0.2) is 0 Å². The molecule has 3 rings (SSSR count). The third kappa shape index (κ3) is 5.63. The zero-order chi connectivity index (χ0) is 24.2. The van der Waals surface area contributed by atoms with Crippen molar-refractivity contribution >= 4 is 18.0 Å². The van der Waals surface area contributed by atoms with Crippen molar-refractivity contribution in [1.82, 2.24) is 10.6 Å². The number of hydrogen-bond acceptors (Lipinski definition) is 4. The van der Waals surface area contributed by atoms with Gasteiger partial charge in [0.2, 0.25) is 5.91 Å². The molecule has 1 aliphatic rings. The summed E-state index contributed by atoms with van der Waals surface area (Å²) < 4.78 is 44.4. The number of carbonyl (C=O) groups is 3. The summed E-state index contributed by atoms with van der Waals surface area (Å²) in [6.07, 6.45) is -7.25. The summed E-state index contributed by atoms with van der Waals surface area (Å²) in [5.74, 6) is -3.08. The third-order valence-corrected chi connectivity index (χ3v) is 5.45. The molecule has 0 radical (unpaired) electrons. The third-order valence-electron chi connectivity index (χ3n) is 5.45. The normalized spacial score (nSPS) is 14.5. The van der Waals surface area contributed by atoms with Crippen molar-refractivity contribution in [3.63, 3.8) is 0 Å². The molecule has 3 N–H and O–H groups in total. The SMILES string of the molecule is CC[C@@H](NC(=O)OCC1c2ccccc2-c2ccccc21)C(=O)NC(CC(=O)O)C(F)(F)F. The number of halogens is 3. The molecule has 1 aliphatic carbocycles. The molecule has 0 spiro atoms. The quantitative estimate of drug-likeness (QED) is 0.551. The first-order chi connectivity index (χ1) is 15.6. The number of fused-ring (bicyclic) bond motifs is 3. The Kier molecular flexibility index (Phi) is 7.25. The molecule has 7 nitrogen and oxygen atoms in total. The Morgan fingerprint density at radius 3 is 2.03 bits per heavy atom. The first-order valence-electron chi connectivity index (χ1n) is 10.3. The summed E-state index contributed by atoms with van der Waals surface area (Å²) >= 11 is 0. The van der Waals surface area contributed by atoms with E-state index < -0.39 is 42.7 Å². The van der Waals surface area contributed by atoms with E-state index in [-0.39, 0.29) is 18.9 Å². The van der Waals surface area contributed by atoms with Crippen LogP contribution in [0.2, 0.25) is 0 Å². The molecule has 0 fully saturated rings. The van der Waals surface area contributed by atoms with Crippen LogP contribution < -0.4 is 10.6 Å². The fraction of sp³-hybridized carbons (Fsp3) is 0.348. The number of amides is 2. The van der Waals surface area contributed by atoms with Gasteiger partial charge < -0.3 is 20.5 Å².